The minimum Gasteiger partial charge on any atom is -0.310 e. The number of thiophene rings is 1. The molecular weight excluding hydrogens is 266 g/mol. The zero-order valence-electron chi connectivity index (χ0n) is 10.9. The maximum Gasteiger partial charge on any atom is 0.0815 e. The zero-order valence-corrected chi connectivity index (χ0v) is 12.5. The van der Waals surface area contributed by atoms with Crippen molar-refractivity contribution in [3.8, 4) is 0 Å². The second-order valence-electron chi connectivity index (χ2n) is 4.66. The van der Waals surface area contributed by atoms with Crippen LogP contribution >= 0.6 is 22.9 Å². The monoisotopic (exact) mass is 283 g/mol. The summed E-state index contributed by atoms with van der Waals surface area (Å²) in [5.74, 6) is 0. The maximum atomic E-state index is 6.00. The number of hydrogen-bond acceptors (Lipinski definition) is 3. The number of aryl methyl sites for hydroxylation is 1. The van der Waals surface area contributed by atoms with E-state index >= 15 is 0 Å². The molecule has 1 N–H and O–H groups in total. The number of hydrogen-bond donors (Lipinski definition) is 1. The lowest BCUT2D eigenvalue weighted by atomic mass is 10.3. The lowest BCUT2D eigenvalue weighted by molar-refractivity contribution is 0.593. The van der Waals surface area contributed by atoms with Crippen molar-refractivity contribution in [2.24, 2.45) is 0 Å². The van der Waals surface area contributed by atoms with Crippen LogP contribution in [0, 0.1) is 6.92 Å². The van der Waals surface area contributed by atoms with E-state index in [9.17, 15) is 0 Å². The summed E-state index contributed by atoms with van der Waals surface area (Å²) in [6.07, 6.45) is 1.88. The van der Waals surface area contributed by atoms with E-state index in [2.05, 4.69) is 36.4 Å². The van der Waals surface area contributed by atoms with Crippen LogP contribution in [0.25, 0.3) is 0 Å². The zero-order chi connectivity index (χ0) is 13.1. The van der Waals surface area contributed by atoms with Gasteiger partial charge in [0, 0.05) is 28.5 Å². The Labute approximate surface area is 117 Å². The fraction of sp³-hybridized carbons (Fsp3) is 0.462. The number of nitrogens with zero attached hydrogens (tertiary/aromatic N) is 2. The van der Waals surface area contributed by atoms with E-state index in [0.29, 0.717) is 6.04 Å². The first-order valence-corrected chi connectivity index (χ1v) is 7.24. The van der Waals surface area contributed by atoms with Crippen LogP contribution < -0.4 is 5.32 Å². The first-order valence-electron chi connectivity index (χ1n) is 6.05. The third kappa shape index (κ3) is 3.57. The Bertz CT molecular complexity index is 497. The van der Waals surface area contributed by atoms with Gasteiger partial charge in [0.1, 0.15) is 0 Å². The predicted octanol–water partition coefficient (Wildman–Crippen LogP) is 3.45. The van der Waals surface area contributed by atoms with Gasteiger partial charge in [0.25, 0.3) is 0 Å². The predicted molar refractivity (Wildman–Crippen MR) is 77.4 cm³/mol. The molecule has 0 aliphatic rings. The second-order valence-corrected chi connectivity index (χ2v) is 6.32. The van der Waals surface area contributed by atoms with E-state index < -0.39 is 0 Å². The highest BCUT2D eigenvalue weighted by Gasteiger charge is 2.05. The van der Waals surface area contributed by atoms with Crippen LogP contribution in [0.2, 0.25) is 5.02 Å². The van der Waals surface area contributed by atoms with E-state index in [0.717, 1.165) is 23.8 Å². The minimum atomic E-state index is 0.517. The standard InChI is InChI=1S/C13H18ClN3S/c1-9(2)15-6-11-4-5-12(18-11)7-17-8-13(14)10(3)16-17/h4-5,8-9,15H,6-7H2,1-3H3. The van der Waals surface area contributed by atoms with Crippen LogP contribution in [-0.4, -0.2) is 15.8 Å². The van der Waals surface area contributed by atoms with Crippen LogP contribution in [0.4, 0.5) is 0 Å². The van der Waals surface area contributed by atoms with Gasteiger partial charge in [-0.3, -0.25) is 4.68 Å². The molecule has 0 atom stereocenters. The lowest BCUT2D eigenvalue weighted by Crippen LogP contribution is -2.21. The van der Waals surface area contributed by atoms with Gasteiger partial charge < -0.3 is 5.32 Å². The van der Waals surface area contributed by atoms with E-state index in [1.54, 1.807) is 0 Å². The number of halogens is 1. The molecule has 0 fully saturated rings. The Kier molecular flexibility index (Phi) is 4.43. The van der Waals surface area contributed by atoms with Crippen molar-refractivity contribution >= 4 is 22.9 Å². The molecule has 0 unspecified atom stereocenters. The van der Waals surface area contributed by atoms with Crippen molar-refractivity contribution in [2.75, 3.05) is 0 Å². The average Bonchev–Trinajstić information content (AvgIpc) is 2.85. The van der Waals surface area contributed by atoms with Crippen molar-refractivity contribution in [2.45, 2.75) is 39.9 Å². The third-order valence-electron chi connectivity index (χ3n) is 2.61. The maximum absolute atomic E-state index is 6.00. The number of nitrogens with one attached hydrogen (secondary N) is 1. The molecule has 0 aliphatic carbocycles. The highest BCUT2D eigenvalue weighted by Crippen LogP contribution is 2.19. The van der Waals surface area contributed by atoms with Gasteiger partial charge in [-0.1, -0.05) is 25.4 Å². The summed E-state index contributed by atoms with van der Waals surface area (Å²) >= 11 is 7.81. The van der Waals surface area contributed by atoms with Crippen molar-refractivity contribution in [1.29, 1.82) is 0 Å². The van der Waals surface area contributed by atoms with E-state index in [1.807, 2.05) is 29.1 Å². The number of rotatable bonds is 5. The lowest BCUT2D eigenvalue weighted by Gasteiger charge is -2.05. The molecular formula is C13H18ClN3S. The van der Waals surface area contributed by atoms with Crippen LogP contribution in [0.3, 0.4) is 0 Å². The van der Waals surface area contributed by atoms with Crippen molar-refractivity contribution in [1.82, 2.24) is 15.1 Å². The van der Waals surface area contributed by atoms with E-state index in [1.165, 1.54) is 9.75 Å². The Morgan fingerprint density at radius 1 is 1.39 bits per heavy atom. The molecule has 98 valence electrons. The van der Waals surface area contributed by atoms with Gasteiger partial charge in [0.15, 0.2) is 0 Å². The average molecular weight is 284 g/mol. The SMILES string of the molecule is Cc1nn(Cc2ccc(CNC(C)C)s2)cc1Cl. The summed E-state index contributed by atoms with van der Waals surface area (Å²) < 4.78 is 1.89. The summed E-state index contributed by atoms with van der Waals surface area (Å²) in [5, 5.41) is 8.51. The molecule has 2 heterocycles. The van der Waals surface area contributed by atoms with Gasteiger partial charge in [-0.15, -0.1) is 11.3 Å². The Morgan fingerprint density at radius 3 is 2.72 bits per heavy atom. The molecule has 2 aromatic rings. The first-order chi connectivity index (χ1) is 8.54. The van der Waals surface area contributed by atoms with Gasteiger partial charge in [0.2, 0.25) is 0 Å². The van der Waals surface area contributed by atoms with Crippen LogP contribution in [-0.2, 0) is 13.1 Å². The molecule has 0 aliphatic heterocycles. The molecule has 2 aromatic heterocycles. The van der Waals surface area contributed by atoms with Gasteiger partial charge in [0.05, 0.1) is 17.3 Å². The molecule has 0 radical (unpaired) electrons. The van der Waals surface area contributed by atoms with Gasteiger partial charge in [-0.25, -0.2) is 0 Å². The molecule has 0 saturated carbocycles. The molecule has 0 bridgehead atoms. The first kappa shape index (κ1) is 13.6. The highest BCUT2D eigenvalue weighted by atomic mass is 35.5. The Morgan fingerprint density at radius 2 is 2.11 bits per heavy atom. The largest absolute Gasteiger partial charge is 0.310 e. The molecule has 0 amide bonds. The van der Waals surface area contributed by atoms with Crippen molar-refractivity contribution in [3.05, 3.63) is 38.8 Å². The summed E-state index contributed by atoms with van der Waals surface area (Å²) in [7, 11) is 0. The molecule has 0 saturated heterocycles. The topological polar surface area (TPSA) is 29.9 Å². The van der Waals surface area contributed by atoms with Gasteiger partial charge in [-0.2, -0.15) is 5.10 Å². The Balaban J connectivity index is 1.98. The normalized spacial score (nSPS) is 11.4. The van der Waals surface area contributed by atoms with Gasteiger partial charge in [-0.05, 0) is 19.1 Å². The summed E-state index contributed by atoms with van der Waals surface area (Å²) in [6.45, 7) is 7.96. The van der Waals surface area contributed by atoms with Gasteiger partial charge >= 0.3 is 0 Å². The molecule has 0 spiro atoms. The van der Waals surface area contributed by atoms with E-state index in [4.69, 9.17) is 11.6 Å². The molecule has 0 aromatic carbocycles. The van der Waals surface area contributed by atoms with Crippen LogP contribution in [0.1, 0.15) is 29.3 Å². The third-order valence-corrected chi connectivity index (χ3v) is 4.05. The summed E-state index contributed by atoms with van der Waals surface area (Å²) in [5.41, 5.74) is 0.884. The quantitative estimate of drug-likeness (QED) is 0.911. The van der Waals surface area contributed by atoms with Crippen molar-refractivity contribution < 1.29 is 0 Å². The fourth-order valence-electron chi connectivity index (χ4n) is 1.64. The van der Waals surface area contributed by atoms with Crippen LogP contribution in [0.5, 0.6) is 0 Å². The second kappa shape index (κ2) is 5.87. The molecule has 18 heavy (non-hydrogen) atoms. The minimum absolute atomic E-state index is 0.517. The highest BCUT2D eigenvalue weighted by molar-refractivity contribution is 7.11. The molecule has 3 nitrogen and oxygen atoms in total. The smallest absolute Gasteiger partial charge is 0.0815 e. The number of aromatic nitrogens is 2. The summed E-state index contributed by atoms with van der Waals surface area (Å²) in [6, 6.07) is 4.85. The fourth-order valence-corrected chi connectivity index (χ4v) is 2.75. The summed E-state index contributed by atoms with van der Waals surface area (Å²) in [4.78, 5) is 2.66. The van der Waals surface area contributed by atoms with Crippen molar-refractivity contribution in [3.63, 3.8) is 0 Å². The van der Waals surface area contributed by atoms with Crippen LogP contribution in [0.15, 0.2) is 18.3 Å². The Hall–Kier alpha value is -0.840. The van der Waals surface area contributed by atoms with E-state index in [-0.39, 0.29) is 0 Å². The molecule has 2 rings (SSSR count). The molecule has 5 heteroatoms.